The number of hydrogen-bond acceptors (Lipinski definition) is 3. The van der Waals surface area contributed by atoms with Gasteiger partial charge in [-0.1, -0.05) is 45.9 Å². The highest BCUT2D eigenvalue weighted by atomic mass is 35.5. The lowest BCUT2D eigenvalue weighted by Gasteiger charge is -2.36. The van der Waals surface area contributed by atoms with Gasteiger partial charge in [-0.15, -0.1) is 12.4 Å². The van der Waals surface area contributed by atoms with Gasteiger partial charge in [0.2, 0.25) is 11.8 Å². The zero-order chi connectivity index (χ0) is 18.4. The SMILES string of the molecule is CCNCc1ccccc1NC(=O)C1CCCN(C(=O)C(C)(C)C)C1.Cl. The molecule has 2 amide bonds. The average molecular weight is 382 g/mol. The molecule has 1 atom stereocenters. The molecule has 1 unspecified atom stereocenters. The van der Waals surface area contributed by atoms with Gasteiger partial charge in [-0.25, -0.2) is 0 Å². The first-order valence-corrected chi connectivity index (χ1v) is 9.21. The number of likely N-dealkylation sites (tertiary alicyclic amines) is 1. The minimum atomic E-state index is -0.406. The Balaban J connectivity index is 0.00000338. The van der Waals surface area contributed by atoms with E-state index >= 15 is 0 Å². The summed E-state index contributed by atoms with van der Waals surface area (Å²) >= 11 is 0. The molecule has 0 bridgehead atoms. The fraction of sp³-hybridized carbons (Fsp3) is 0.600. The smallest absolute Gasteiger partial charge is 0.229 e. The van der Waals surface area contributed by atoms with Gasteiger partial charge in [0.15, 0.2) is 0 Å². The maximum atomic E-state index is 12.7. The molecule has 5 nitrogen and oxygen atoms in total. The number of benzene rings is 1. The van der Waals surface area contributed by atoms with E-state index in [-0.39, 0.29) is 30.1 Å². The van der Waals surface area contributed by atoms with Crippen molar-refractivity contribution in [3.63, 3.8) is 0 Å². The Morgan fingerprint density at radius 2 is 1.92 bits per heavy atom. The maximum Gasteiger partial charge on any atom is 0.229 e. The highest BCUT2D eigenvalue weighted by molar-refractivity contribution is 5.94. The number of carbonyl (C=O) groups is 2. The van der Waals surface area contributed by atoms with Crippen molar-refractivity contribution in [1.29, 1.82) is 0 Å². The molecule has 0 aliphatic carbocycles. The Labute approximate surface area is 163 Å². The van der Waals surface area contributed by atoms with Crippen LogP contribution in [0.4, 0.5) is 5.69 Å². The first kappa shape index (κ1) is 22.5. The van der Waals surface area contributed by atoms with Crippen molar-refractivity contribution in [3.8, 4) is 0 Å². The molecule has 2 rings (SSSR count). The summed E-state index contributed by atoms with van der Waals surface area (Å²) in [6, 6.07) is 7.87. The lowest BCUT2D eigenvalue weighted by atomic mass is 9.91. The maximum absolute atomic E-state index is 12.7. The van der Waals surface area contributed by atoms with Crippen molar-refractivity contribution >= 4 is 29.9 Å². The van der Waals surface area contributed by atoms with Crippen LogP contribution >= 0.6 is 12.4 Å². The van der Waals surface area contributed by atoms with Gasteiger partial charge in [0.1, 0.15) is 0 Å². The molecule has 1 aliphatic rings. The van der Waals surface area contributed by atoms with Crippen molar-refractivity contribution in [1.82, 2.24) is 10.2 Å². The van der Waals surface area contributed by atoms with E-state index in [1.54, 1.807) is 0 Å². The number of para-hydroxylation sites is 1. The third-order valence-electron chi connectivity index (χ3n) is 4.56. The van der Waals surface area contributed by atoms with Gasteiger partial charge in [-0.3, -0.25) is 9.59 Å². The van der Waals surface area contributed by atoms with E-state index in [2.05, 4.69) is 17.6 Å². The van der Waals surface area contributed by atoms with Gasteiger partial charge in [0, 0.05) is 30.7 Å². The number of piperidine rings is 1. The van der Waals surface area contributed by atoms with Crippen molar-refractivity contribution in [2.75, 3.05) is 25.0 Å². The number of hydrogen-bond donors (Lipinski definition) is 2. The second-order valence-electron chi connectivity index (χ2n) is 7.77. The van der Waals surface area contributed by atoms with Crippen LogP contribution in [0.25, 0.3) is 0 Å². The number of amides is 2. The van der Waals surface area contributed by atoms with Crippen molar-refractivity contribution < 1.29 is 9.59 Å². The fourth-order valence-electron chi connectivity index (χ4n) is 3.14. The van der Waals surface area contributed by atoms with Crippen LogP contribution in [0.1, 0.15) is 46.1 Å². The Morgan fingerprint density at radius 3 is 2.58 bits per heavy atom. The highest BCUT2D eigenvalue weighted by Gasteiger charge is 2.33. The van der Waals surface area contributed by atoms with E-state index < -0.39 is 5.41 Å². The molecule has 1 fully saturated rings. The third-order valence-corrected chi connectivity index (χ3v) is 4.56. The molecule has 6 heteroatoms. The van der Waals surface area contributed by atoms with Crippen LogP contribution in [-0.2, 0) is 16.1 Å². The molecule has 0 radical (unpaired) electrons. The van der Waals surface area contributed by atoms with Gasteiger partial charge in [0.25, 0.3) is 0 Å². The zero-order valence-electron chi connectivity index (χ0n) is 16.3. The second-order valence-corrected chi connectivity index (χ2v) is 7.77. The van der Waals surface area contributed by atoms with E-state index in [1.807, 2.05) is 49.9 Å². The van der Waals surface area contributed by atoms with Gasteiger partial charge >= 0.3 is 0 Å². The summed E-state index contributed by atoms with van der Waals surface area (Å²) in [4.78, 5) is 27.1. The number of rotatable bonds is 5. The van der Waals surface area contributed by atoms with Crippen LogP contribution in [0, 0.1) is 11.3 Å². The fourth-order valence-corrected chi connectivity index (χ4v) is 3.14. The lowest BCUT2D eigenvalue weighted by Crippen LogP contribution is -2.47. The van der Waals surface area contributed by atoms with E-state index in [0.717, 1.165) is 43.7 Å². The number of halogens is 1. The Kier molecular flexibility index (Phi) is 8.57. The summed E-state index contributed by atoms with van der Waals surface area (Å²) < 4.78 is 0. The van der Waals surface area contributed by atoms with Gasteiger partial charge < -0.3 is 15.5 Å². The van der Waals surface area contributed by atoms with E-state index in [1.165, 1.54) is 0 Å². The zero-order valence-corrected chi connectivity index (χ0v) is 17.1. The van der Waals surface area contributed by atoms with E-state index in [4.69, 9.17) is 0 Å². The minimum absolute atomic E-state index is 0. The topological polar surface area (TPSA) is 61.4 Å². The number of nitrogens with one attached hydrogen (secondary N) is 2. The lowest BCUT2D eigenvalue weighted by molar-refractivity contribution is -0.142. The normalized spacial score (nSPS) is 17.4. The molecule has 26 heavy (non-hydrogen) atoms. The van der Waals surface area contributed by atoms with Gasteiger partial charge in [-0.2, -0.15) is 0 Å². The molecule has 1 aromatic carbocycles. The summed E-state index contributed by atoms with van der Waals surface area (Å²) in [5.41, 5.74) is 1.53. The number of carbonyl (C=O) groups excluding carboxylic acids is 2. The number of nitrogens with zero attached hydrogens (tertiary/aromatic N) is 1. The quantitative estimate of drug-likeness (QED) is 0.821. The third kappa shape index (κ3) is 5.99. The second kappa shape index (κ2) is 9.93. The number of anilines is 1. The first-order chi connectivity index (χ1) is 11.8. The largest absolute Gasteiger partial charge is 0.341 e. The summed E-state index contributed by atoms with van der Waals surface area (Å²) in [6.45, 7) is 10.7. The van der Waals surface area contributed by atoms with Crippen LogP contribution in [0.15, 0.2) is 24.3 Å². The first-order valence-electron chi connectivity index (χ1n) is 9.21. The summed E-state index contributed by atoms with van der Waals surface area (Å²) in [6.07, 6.45) is 1.70. The molecular formula is C20H32ClN3O2. The summed E-state index contributed by atoms with van der Waals surface area (Å²) in [5.74, 6) is -0.0138. The minimum Gasteiger partial charge on any atom is -0.341 e. The van der Waals surface area contributed by atoms with Crippen LogP contribution in [0.5, 0.6) is 0 Å². The van der Waals surface area contributed by atoms with Crippen molar-refractivity contribution in [2.45, 2.75) is 47.1 Å². The summed E-state index contributed by atoms with van der Waals surface area (Å²) in [7, 11) is 0. The van der Waals surface area contributed by atoms with Crippen LogP contribution in [0.2, 0.25) is 0 Å². The predicted molar refractivity (Wildman–Crippen MR) is 108 cm³/mol. The van der Waals surface area contributed by atoms with Crippen LogP contribution in [0.3, 0.4) is 0 Å². The highest BCUT2D eigenvalue weighted by Crippen LogP contribution is 2.25. The van der Waals surface area contributed by atoms with Crippen molar-refractivity contribution in [3.05, 3.63) is 29.8 Å². The molecule has 146 valence electrons. The molecule has 0 aromatic heterocycles. The standard InChI is InChI=1S/C20H31N3O2.ClH/c1-5-21-13-15-9-6-7-11-17(15)22-18(24)16-10-8-12-23(14-16)19(25)20(2,3)4;/h6-7,9,11,16,21H,5,8,10,12-14H2,1-4H3,(H,22,24);1H. The van der Waals surface area contributed by atoms with Gasteiger partial charge in [-0.05, 0) is 31.0 Å². The molecule has 1 aliphatic heterocycles. The molecule has 0 saturated carbocycles. The molecule has 0 spiro atoms. The molecule has 1 saturated heterocycles. The predicted octanol–water partition coefficient (Wildman–Crippen LogP) is 3.44. The average Bonchev–Trinajstić information content (AvgIpc) is 2.59. The molecule has 1 aromatic rings. The van der Waals surface area contributed by atoms with E-state index in [0.29, 0.717) is 6.54 Å². The summed E-state index contributed by atoms with van der Waals surface area (Å²) in [5, 5.41) is 6.36. The van der Waals surface area contributed by atoms with Gasteiger partial charge in [0.05, 0.1) is 5.92 Å². The Hall–Kier alpha value is -1.59. The van der Waals surface area contributed by atoms with Crippen molar-refractivity contribution in [2.24, 2.45) is 11.3 Å². The molecule has 2 N–H and O–H groups in total. The molecule has 1 heterocycles. The molecular weight excluding hydrogens is 350 g/mol. The Morgan fingerprint density at radius 1 is 1.23 bits per heavy atom. The van der Waals surface area contributed by atoms with E-state index in [9.17, 15) is 9.59 Å². The van der Waals surface area contributed by atoms with Crippen LogP contribution in [-0.4, -0.2) is 36.3 Å². The van der Waals surface area contributed by atoms with Crippen LogP contribution < -0.4 is 10.6 Å². The monoisotopic (exact) mass is 381 g/mol. The Bertz CT molecular complexity index is 613.